The third kappa shape index (κ3) is 3.17. The lowest BCUT2D eigenvalue weighted by Gasteiger charge is -2.38. The number of benzene rings is 2. The number of hydrogen-bond acceptors (Lipinski definition) is 2. The third-order valence-corrected chi connectivity index (χ3v) is 10.4. The van der Waals surface area contributed by atoms with E-state index in [1.54, 1.807) is 0 Å². The first-order valence-electron chi connectivity index (χ1n) is 9.15. The normalized spacial score (nSPS) is 18.2. The molecule has 0 amide bonds. The van der Waals surface area contributed by atoms with Crippen LogP contribution in [-0.4, -0.2) is 14.9 Å². The van der Waals surface area contributed by atoms with Crippen molar-refractivity contribution < 1.29 is 4.43 Å². The Morgan fingerprint density at radius 2 is 1.88 bits per heavy atom. The Bertz CT molecular complexity index is 745. The zero-order valence-corrected chi connectivity index (χ0v) is 16.8. The molecule has 1 atom stereocenters. The van der Waals surface area contributed by atoms with Gasteiger partial charge in [-0.05, 0) is 71.4 Å². The van der Waals surface area contributed by atoms with Crippen molar-refractivity contribution in [1.29, 1.82) is 0 Å². The van der Waals surface area contributed by atoms with Crippen molar-refractivity contribution in [2.24, 2.45) is 5.73 Å². The number of nitrogens with two attached hydrogens (primary N) is 1. The second-order valence-corrected chi connectivity index (χ2v) is 13.4. The molecular formula is C21H31NOSi. The van der Waals surface area contributed by atoms with Crippen LogP contribution in [-0.2, 0) is 17.3 Å². The molecule has 2 nitrogen and oxygen atoms in total. The minimum absolute atomic E-state index is 0.251. The molecule has 3 rings (SSSR count). The van der Waals surface area contributed by atoms with Crippen molar-refractivity contribution in [2.75, 3.05) is 6.54 Å². The first-order valence-corrected chi connectivity index (χ1v) is 12.1. The van der Waals surface area contributed by atoms with Crippen molar-refractivity contribution in [3.8, 4) is 0 Å². The number of fused-ring (bicyclic) bond motifs is 3. The molecule has 0 saturated heterocycles. The van der Waals surface area contributed by atoms with Gasteiger partial charge < -0.3 is 10.2 Å². The van der Waals surface area contributed by atoms with Gasteiger partial charge >= 0.3 is 0 Å². The van der Waals surface area contributed by atoms with Gasteiger partial charge in [0.15, 0.2) is 8.32 Å². The number of hydrogen-bond donors (Lipinski definition) is 1. The van der Waals surface area contributed by atoms with Crippen molar-refractivity contribution in [1.82, 2.24) is 0 Å². The molecule has 24 heavy (non-hydrogen) atoms. The van der Waals surface area contributed by atoms with Crippen molar-refractivity contribution in [3.05, 3.63) is 47.0 Å². The maximum absolute atomic E-state index is 6.74. The first-order chi connectivity index (χ1) is 11.2. The molecule has 2 N–H and O–H groups in total. The minimum Gasteiger partial charge on any atom is -0.410 e. The maximum Gasteiger partial charge on any atom is 0.192 e. The molecule has 0 heterocycles. The number of aryl methyl sites for hydroxylation is 1. The lowest BCUT2D eigenvalue weighted by molar-refractivity contribution is 0.185. The van der Waals surface area contributed by atoms with Gasteiger partial charge in [0.1, 0.15) is 0 Å². The summed E-state index contributed by atoms with van der Waals surface area (Å²) in [6, 6.07) is 11.3. The monoisotopic (exact) mass is 341 g/mol. The van der Waals surface area contributed by atoms with Crippen LogP contribution < -0.4 is 5.73 Å². The molecule has 0 spiro atoms. The lowest BCUT2D eigenvalue weighted by Crippen LogP contribution is -2.41. The minimum atomic E-state index is -1.75. The van der Waals surface area contributed by atoms with Crippen LogP contribution in [0.5, 0.6) is 0 Å². The molecule has 0 aromatic heterocycles. The summed E-state index contributed by atoms with van der Waals surface area (Å²) in [7, 11) is -1.75. The summed E-state index contributed by atoms with van der Waals surface area (Å²) in [6.45, 7) is 12.4. The Kier molecular flexibility index (Phi) is 4.62. The van der Waals surface area contributed by atoms with E-state index < -0.39 is 8.32 Å². The maximum atomic E-state index is 6.74. The van der Waals surface area contributed by atoms with Crippen LogP contribution >= 0.6 is 0 Å². The van der Waals surface area contributed by atoms with Crippen LogP contribution in [0.4, 0.5) is 0 Å². The van der Waals surface area contributed by atoms with Gasteiger partial charge in [0.25, 0.3) is 0 Å². The molecule has 1 aliphatic carbocycles. The number of rotatable bonds is 4. The highest BCUT2D eigenvalue weighted by atomic mass is 28.4. The summed E-state index contributed by atoms with van der Waals surface area (Å²) in [4.78, 5) is 0. The fourth-order valence-electron chi connectivity index (χ4n) is 3.43. The van der Waals surface area contributed by atoms with Gasteiger partial charge in [-0.3, -0.25) is 0 Å². The van der Waals surface area contributed by atoms with Gasteiger partial charge in [-0.1, -0.05) is 51.1 Å². The van der Waals surface area contributed by atoms with E-state index in [0.29, 0.717) is 6.54 Å². The Morgan fingerprint density at radius 1 is 1.17 bits per heavy atom. The van der Waals surface area contributed by atoms with E-state index in [2.05, 4.69) is 64.2 Å². The van der Waals surface area contributed by atoms with Crippen LogP contribution in [0.1, 0.15) is 50.0 Å². The van der Waals surface area contributed by atoms with Gasteiger partial charge in [-0.15, -0.1) is 0 Å². The first kappa shape index (κ1) is 17.7. The fourth-order valence-corrected chi connectivity index (χ4v) is 4.74. The Morgan fingerprint density at radius 3 is 2.54 bits per heavy atom. The van der Waals surface area contributed by atoms with Crippen molar-refractivity contribution in [3.63, 3.8) is 0 Å². The van der Waals surface area contributed by atoms with Crippen LogP contribution in [0.25, 0.3) is 10.8 Å². The quantitative estimate of drug-likeness (QED) is 0.761. The molecule has 3 heteroatoms. The molecule has 2 aromatic rings. The molecule has 2 aromatic carbocycles. The van der Waals surface area contributed by atoms with Crippen LogP contribution in [0.3, 0.4) is 0 Å². The highest BCUT2D eigenvalue weighted by Gasteiger charge is 2.40. The SMILES string of the molecule is CC(C)(C)[Si](C)(C)OC1CCc2c1ccc1ccc(CCN)cc21. The van der Waals surface area contributed by atoms with Crippen LogP contribution in [0.2, 0.25) is 18.1 Å². The van der Waals surface area contributed by atoms with E-state index >= 15 is 0 Å². The van der Waals surface area contributed by atoms with Crippen molar-refractivity contribution in [2.45, 2.75) is 64.3 Å². The largest absolute Gasteiger partial charge is 0.410 e. The molecule has 0 bridgehead atoms. The lowest BCUT2D eigenvalue weighted by atomic mass is 9.98. The van der Waals surface area contributed by atoms with E-state index in [1.165, 1.54) is 27.5 Å². The van der Waals surface area contributed by atoms with E-state index in [-0.39, 0.29) is 11.1 Å². The Balaban J connectivity index is 1.97. The van der Waals surface area contributed by atoms with Crippen molar-refractivity contribution >= 4 is 19.1 Å². The summed E-state index contributed by atoms with van der Waals surface area (Å²) in [5.41, 5.74) is 9.98. The predicted octanol–water partition coefficient (Wildman–Crippen LogP) is 5.35. The Labute approximate surface area is 147 Å². The average Bonchev–Trinajstić information content (AvgIpc) is 2.89. The summed E-state index contributed by atoms with van der Waals surface area (Å²) in [6.07, 6.45) is 3.45. The highest BCUT2D eigenvalue weighted by Crippen LogP contribution is 2.45. The van der Waals surface area contributed by atoms with Gasteiger partial charge in [-0.25, -0.2) is 0 Å². The van der Waals surface area contributed by atoms with Crippen LogP contribution in [0.15, 0.2) is 30.3 Å². The third-order valence-electron chi connectivity index (χ3n) is 5.91. The fraction of sp³-hybridized carbons (Fsp3) is 0.524. The van der Waals surface area contributed by atoms with Gasteiger partial charge in [0.05, 0.1) is 6.10 Å². The molecule has 0 saturated carbocycles. The smallest absolute Gasteiger partial charge is 0.192 e. The summed E-state index contributed by atoms with van der Waals surface area (Å²) >= 11 is 0. The van der Waals surface area contributed by atoms with Gasteiger partial charge in [0, 0.05) is 0 Å². The molecule has 0 aliphatic heterocycles. The molecule has 0 fully saturated rings. The summed E-state index contributed by atoms with van der Waals surface area (Å²) in [5.74, 6) is 0. The second kappa shape index (κ2) is 6.29. The molecule has 1 unspecified atom stereocenters. The highest BCUT2D eigenvalue weighted by molar-refractivity contribution is 6.74. The Hall–Kier alpha value is -1.16. The van der Waals surface area contributed by atoms with Crippen LogP contribution in [0, 0.1) is 0 Å². The molecule has 0 radical (unpaired) electrons. The van der Waals surface area contributed by atoms with Gasteiger partial charge in [0.2, 0.25) is 0 Å². The van der Waals surface area contributed by atoms with E-state index in [1.807, 2.05) is 0 Å². The zero-order valence-electron chi connectivity index (χ0n) is 15.8. The summed E-state index contributed by atoms with van der Waals surface area (Å²) < 4.78 is 6.74. The molecular weight excluding hydrogens is 310 g/mol. The van der Waals surface area contributed by atoms with E-state index in [0.717, 1.165) is 19.3 Å². The summed E-state index contributed by atoms with van der Waals surface area (Å²) in [5, 5.41) is 2.99. The van der Waals surface area contributed by atoms with E-state index in [4.69, 9.17) is 10.2 Å². The molecule has 1 aliphatic rings. The topological polar surface area (TPSA) is 35.2 Å². The standard InChI is InChI=1S/C21H31NOSi/c1-21(2,3)24(4,5)23-20-11-10-17-18(20)9-8-16-7-6-15(12-13-22)14-19(16)17/h6-9,14,20H,10-13,22H2,1-5H3. The average molecular weight is 342 g/mol. The molecule has 130 valence electrons. The van der Waals surface area contributed by atoms with E-state index in [9.17, 15) is 0 Å². The zero-order chi connectivity index (χ0) is 17.5. The van der Waals surface area contributed by atoms with Gasteiger partial charge in [-0.2, -0.15) is 0 Å². The predicted molar refractivity (Wildman–Crippen MR) is 106 cm³/mol. The second-order valence-electron chi connectivity index (χ2n) is 8.63.